The lowest BCUT2D eigenvalue weighted by atomic mass is 9.70. The topological polar surface area (TPSA) is 37.3 Å². The molecule has 2 bridgehead atoms. The van der Waals surface area contributed by atoms with E-state index in [0.29, 0.717) is 23.6 Å². The number of ketones is 1. The van der Waals surface area contributed by atoms with Gasteiger partial charge in [0, 0.05) is 42.2 Å². The van der Waals surface area contributed by atoms with E-state index in [9.17, 15) is 14.3 Å². The lowest BCUT2D eigenvalue weighted by molar-refractivity contribution is -0.952. The van der Waals surface area contributed by atoms with Crippen molar-refractivity contribution in [3.63, 3.8) is 0 Å². The predicted molar refractivity (Wildman–Crippen MR) is 108 cm³/mol. The van der Waals surface area contributed by atoms with Gasteiger partial charge in [0.05, 0.1) is 19.6 Å². The van der Waals surface area contributed by atoms with E-state index >= 15 is 0 Å². The van der Waals surface area contributed by atoms with E-state index in [2.05, 4.69) is 0 Å². The number of Topliss-reactive ketones (excluding diaryl/α,β-unsaturated/α-hetero) is 1. The van der Waals surface area contributed by atoms with E-state index in [1.807, 2.05) is 0 Å². The Morgan fingerprint density at radius 2 is 1.75 bits per heavy atom. The average molecular weight is 403 g/mol. The molecule has 3 fully saturated rings. The molecule has 0 saturated carbocycles. The van der Waals surface area contributed by atoms with E-state index in [1.165, 1.54) is 12.1 Å². The Kier molecular flexibility index (Phi) is 5.30. The number of hydrogen-bond acceptors (Lipinski definition) is 2. The molecular weight excluding hydrogens is 377 g/mol. The number of hydrogen-bond donors (Lipinski definition) is 1. The third kappa shape index (κ3) is 3.73. The van der Waals surface area contributed by atoms with Crippen molar-refractivity contribution in [3.8, 4) is 0 Å². The molecule has 1 unspecified atom stereocenters. The Labute approximate surface area is 170 Å². The average Bonchev–Trinajstić information content (AvgIpc) is 2.69. The summed E-state index contributed by atoms with van der Waals surface area (Å²) in [6.07, 6.45) is 3.24. The molecular formula is C23H26ClFNO2+. The van der Waals surface area contributed by atoms with Gasteiger partial charge in [-0.1, -0.05) is 23.7 Å². The molecule has 3 aliphatic heterocycles. The van der Waals surface area contributed by atoms with E-state index in [0.717, 1.165) is 48.9 Å². The van der Waals surface area contributed by atoms with Crippen LogP contribution in [0.1, 0.15) is 41.6 Å². The lowest BCUT2D eigenvalue weighted by Crippen LogP contribution is -2.67. The number of nitrogens with zero attached hydrogens (tertiary/aromatic N) is 1. The van der Waals surface area contributed by atoms with Crippen LogP contribution in [-0.4, -0.2) is 41.6 Å². The summed E-state index contributed by atoms with van der Waals surface area (Å²) in [5.41, 5.74) is 0.618. The maximum absolute atomic E-state index is 13.3. The largest absolute Gasteiger partial charge is 0.379 e. The van der Waals surface area contributed by atoms with Crippen molar-refractivity contribution >= 4 is 17.4 Å². The van der Waals surface area contributed by atoms with Crippen molar-refractivity contribution in [2.24, 2.45) is 5.92 Å². The first kappa shape index (κ1) is 19.6. The molecule has 28 heavy (non-hydrogen) atoms. The third-order valence-electron chi connectivity index (χ3n) is 6.70. The molecule has 3 nitrogen and oxygen atoms in total. The summed E-state index contributed by atoms with van der Waals surface area (Å²) in [7, 11) is 0. The van der Waals surface area contributed by atoms with Gasteiger partial charge in [0.1, 0.15) is 18.0 Å². The lowest BCUT2D eigenvalue weighted by Gasteiger charge is -2.56. The fourth-order valence-corrected chi connectivity index (χ4v) is 5.24. The van der Waals surface area contributed by atoms with E-state index in [4.69, 9.17) is 11.6 Å². The van der Waals surface area contributed by atoms with Crippen LogP contribution in [-0.2, 0) is 5.60 Å². The Bertz CT molecular complexity index is 844. The second-order valence-corrected chi connectivity index (χ2v) is 8.85. The Morgan fingerprint density at radius 3 is 2.39 bits per heavy atom. The van der Waals surface area contributed by atoms with E-state index in [1.54, 1.807) is 36.4 Å². The van der Waals surface area contributed by atoms with Gasteiger partial charge in [-0.25, -0.2) is 4.39 Å². The molecule has 3 heterocycles. The summed E-state index contributed by atoms with van der Waals surface area (Å²) < 4.78 is 14.2. The number of fused-ring (bicyclic) bond motifs is 3. The van der Waals surface area contributed by atoms with Gasteiger partial charge < -0.3 is 9.59 Å². The first-order valence-corrected chi connectivity index (χ1v) is 10.4. The van der Waals surface area contributed by atoms with Gasteiger partial charge in [0.15, 0.2) is 5.78 Å². The van der Waals surface area contributed by atoms with Crippen molar-refractivity contribution in [2.45, 2.75) is 31.3 Å². The fraction of sp³-hybridized carbons (Fsp3) is 0.435. The molecule has 2 aromatic carbocycles. The van der Waals surface area contributed by atoms with Gasteiger partial charge >= 0.3 is 0 Å². The minimum Gasteiger partial charge on any atom is -0.379 e. The number of halogens is 2. The van der Waals surface area contributed by atoms with Crippen molar-refractivity contribution in [2.75, 3.05) is 26.2 Å². The van der Waals surface area contributed by atoms with Crippen LogP contribution in [0.5, 0.6) is 0 Å². The third-order valence-corrected chi connectivity index (χ3v) is 6.95. The summed E-state index contributed by atoms with van der Waals surface area (Å²) in [4.78, 5) is 12.4. The molecule has 2 aromatic rings. The summed E-state index contributed by atoms with van der Waals surface area (Å²) in [5.74, 6) is 0.0856. The molecule has 1 atom stereocenters. The monoisotopic (exact) mass is 402 g/mol. The predicted octanol–water partition coefficient (Wildman–Crippen LogP) is 4.57. The molecule has 5 heteroatoms. The number of benzene rings is 2. The SMILES string of the molecule is O=C(CCC[N+]12CCC(CC1)C(O)(c1ccc(F)cc1)C2)c1ccc(Cl)cc1. The van der Waals surface area contributed by atoms with Gasteiger partial charge in [-0.15, -0.1) is 0 Å². The Hall–Kier alpha value is -1.75. The molecule has 3 saturated heterocycles. The van der Waals surface area contributed by atoms with E-state index < -0.39 is 5.60 Å². The molecule has 0 aliphatic carbocycles. The second kappa shape index (κ2) is 7.58. The molecule has 3 aliphatic rings. The number of rotatable bonds is 6. The van der Waals surface area contributed by atoms with Gasteiger partial charge in [-0.3, -0.25) is 4.79 Å². The Morgan fingerprint density at radius 1 is 1.11 bits per heavy atom. The van der Waals surface area contributed by atoms with Crippen molar-refractivity contribution < 1.29 is 18.8 Å². The smallest absolute Gasteiger partial charge is 0.163 e. The maximum atomic E-state index is 13.3. The van der Waals surface area contributed by atoms with Gasteiger partial charge in [0.2, 0.25) is 0 Å². The van der Waals surface area contributed by atoms with E-state index in [-0.39, 0.29) is 17.5 Å². The van der Waals surface area contributed by atoms with Crippen molar-refractivity contribution in [3.05, 3.63) is 70.5 Å². The second-order valence-electron chi connectivity index (χ2n) is 8.41. The highest BCUT2D eigenvalue weighted by Crippen LogP contribution is 2.46. The van der Waals surface area contributed by atoms with Crippen molar-refractivity contribution in [1.29, 1.82) is 0 Å². The van der Waals surface area contributed by atoms with Crippen LogP contribution in [0.3, 0.4) is 0 Å². The van der Waals surface area contributed by atoms with Crippen molar-refractivity contribution in [1.82, 2.24) is 0 Å². The van der Waals surface area contributed by atoms with Crippen LogP contribution in [0.2, 0.25) is 5.02 Å². The van der Waals surface area contributed by atoms with Crippen LogP contribution in [0.25, 0.3) is 0 Å². The number of carbonyl (C=O) groups excluding carboxylic acids is 1. The van der Waals surface area contributed by atoms with Gasteiger partial charge in [-0.05, 0) is 42.0 Å². The zero-order valence-electron chi connectivity index (χ0n) is 15.9. The number of piperidine rings is 3. The first-order valence-electron chi connectivity index (χ1n) is 10.0. The fourth-order valence-electron chi connectivity index (χ4n) is 5.11. The normalized spacial score (nSPS) is 29.0. The summed E-state index contributed by atoms with van der Waals surface area (Å²) >= 11 is 5.89. The number of quaternary nitrogens is 1. The standard InChI is InChI=1S/C23H26ClFNO2/c24-20-7-3-17(4-8-20)22(27)2-1-13-26-14-11-19(12-15-26)23(28,16-26)18-5-9-21(25)10-6-18/h3-10,19,28H,1-2,11-16H2/q+1. The zero-order valence-corrected chi connectivity index (χ0v) is 16.7. The first-order chi connectivity index (χ1) is 13.4. The molecule has 0 spiro atoms. The van der Waals surface area contributed by atoms with Crippen LogP contribution < -0.4 is 0 Å². The molecule has 0 amide bonds. The van der Waals surface area contributed by atoms with Crippen LogP contribution in [0.15, 0.2) is 48.5 Å². The summed E-state index contributed by atoms with van der Waals surface area (Å²) in [5, 5.41) is 12.1. The number of aliphatic hydroxyl groups is 1. The van der Waals surface area contributed by atoms with Crippen LogP contribution in [0, 0.1) is 11.7 Å². The maximum Gasteiger partial charge on any atom is 0.163 e. The zero-order chi connectivity index (χ0) is 19.8. The summed E-state index contributed by atoms with van der Waals surface area (Å²) in [6, 6.07) is 13.3. The molecule has 5 rings (SSSR count). The minimum atomic E-state index is -0.898. The highest BCUT2D eigenvalue weighted by molar-refractivity contribution is 6.30. The molecule has 0 radical (unpaired) electrons. The Balaban J connectivity index is 1.42. The van der Waals surface area contributed by atoms with Gasteiger partial charge in [-0.2, -0.15) is 0 Å². The van der Waals surface area contributed by atoms with Crippen LogP contribution in [0.4, 0.5) is 4.39 Å². The highest BCUT2D eigenvalue weighted by atomic mass is 35.5. The number of carbonyl (C=O) groups is 1. The minimum absolute atomic E-state index is 0.135. The van der Waals surface area contributed by atoms with Crippen LogP contribution >= 0.6 is 11.6 Å². The highest BCUT2D eigenvalue weighted by Gasteiger charge is 2.54. The quantitative estimate of drug-likeness (QED) is 0.567. The van der Waals surface area contributed by atoms with Gasteiger partial charge in [0.25, 0.3) is 0 Å². The molecule has 0 aromatic heterocycles. The summed E-state index contributed by atoms with van der Waals surface area (Å²) in [6.45, 7) is 3.63. The molecule has 148 valence electrons. The molecule has 1 N–H and O–H groups in total.